The van der Waals surface area contributed by atoms with Gasteiger partial charge in [-0.3, -0.25) is 9.59 Å². The topological polar surface area (TPSA) is 84.2 Å². The Labute approximate surface area is 186 Å². The van der Waals surface area contributed by atoms with Gasteiger partial charge in [0.25, 0.3) is 5.56 Å². The number of carboxylic acids is 1. The first kappa shape index (κ1) is 20.6. The van der Waals surface area contributed by atoms with Gasteiger partial charge in [-0.1, -0.05) is 29.3 Å². The number of hydrogen-bond donors (Lipinski definition) is 2. The van der Waals surface area contributed by atoms with Crippen LogP contribution in [0.2, 0.25) is 5.02 Å². The van der Waals surface area contributed by atoms with Crippen molar-refractivity contribution in [3.63, 3.8) is 0 Å². The number of aromatic nitrogens is 2. The van der Waals surface area contributed by atoms with Crippen molar-refractivity contribution >= 4 is 28.9 Å². The van der Waals surface area contributed by atoms with Crippen molar-refractivity contribution < 1.29 is 9.90 Å². The van der Waals surface area contributed by atoms with Crippen LogP contribution in [0.1, 0.15) is 56.1 Å². The molecule has 31 heavy (non-hydrogen) atoms. The maximum atomic E-state index is 13.4. The van der Waals surface area contributed by atoms with Crippen molar-refractivity contribution in [3.8, 4) is 0 Å². The summed E-state index contributed by atoms with van der Waals surface area (Å²) in [5, 5.41) is 17.5. The van der Waals surface area contributed by atoms with Crippen molar-refractivity contribution in [2.24, 2.45) is 17.3 Å². The van der Waals surface area contributed by atoms with Crippen LogP contribution in [0.4, 0.5) is 11.4 Å². The number of aryl methyl sites for hydroxylation is 2. The third kappa shape index (κ3) is 3.45. The van der Waals surface area contributed by atoms with E-state index in [1.165, 1.54) is 5.56 Å². The third-order valence-electron chi connectivity index (χ3n) is 7.70. The molecule has 4 saturated carbocycles. The number of halogens is 1. The third-order valence-corrected chi connectivity index (χ3v) is 8.06. The van der Waals surface area contributed by atoms with Crippen LogP contribution in [0, 0.1) is 31.1 Å². The van der Waals surface area contributed by atoms with Crippen LogP contribution in [0.15, 0.2) is 29.2 Å². The first-order valence-electron chi connectivity index (χ1n) is 11.0. The summed E-state index contributed by atoms with van der Waals surface area (Å²) in [5.41, 5.74) is 2.69. The minimum absolute atomic E-state index is 0.137. The number of nitrogens with zero attached hydrogens (tertiary/aromatic N) is 2. The SMILES string of the molecule is Cc1ccc(Nc2cnn(C34CC5CC(CC(CC(=O)O)(C5)C3)C4)c(=O)c2Cl)c(C)c1. The fraction of sp³-hybridized carbons (Fsp3) is 0.542. The molecule has 4 aliphatic rings. The minimum Gasteiger partial charge on any atom is -0.481 e. The molecule has 0 radical (unpaired) electrons. The quantitative estimate of drug-likeness (QED) is 0.679. The van der Waals surface area contributed by atoms with E-state index in [2.05, 4.69) is 16.5 Å². The molecule has 1 aromatic heterocycles. The van der Waals surface area contributed by atoms with Crippen molar-refractivity contribution in [2.45, 2.75) is 64.3 Å². The molecule has 6 rings (SSSR count). The Kier molecular flexibility index (Phi) is 4.70. The number of benzene rings is 1. The lowest BCUT2D eigenvalue weighted by Crippen LogP contribution is -2.59. The van der Waals surface area contributed by atoms with Gasteiger partial charge in [-0.15, -0.1) is 0 Å². The minimum atomic E-state index is -0.747. The van der Waals surface area contributed by atoms with Crippen molar-refractivity contribution in [1.82, 2.24) is 9.78 Å². The lowest BCUT2D eigenvalue weighted by molar-refractivity contribution is -0.151. The second-order valence-electron chi connectivity index (χ2n) is 10.3. The normalized spacial score (nSPS) is 31.1. The van der Waals surface area contributed by atoms with Crippen LogP contribution in [0.25, 0.3) is 0 Å². The van der Waals surface area contributed by atoms with Crippen LogP contribution < -0.4 is 10.9 Å². The van der Waals surface area contributed by atoms with E-state index in [0.717, 1.165) is 43.4 Å². The molecule has 2 atom stereocenters. The van der Waals surface area contributed by atoms with Gasteiger partial charge in [0, 0.05) is 5.69 Å². The molecule has 2 N–H and O–H groups in total. The molecular weight excluding hydrogens is 414 g/mol. The summed E-state index contributed by atoms with van der Waals surface area (Å²) in [6, 6.07) is 6.05. The number of carboxylic acid groups (broad SMARTS) is 1. The van der Waals surface area contributed by atoms with E-state index in [-0.39, 0.29) is 22.4 Å². The number of carbonyl (C=O) groups is 1. The van der Waals surface area contributed by atoms with Gasteiger partial charge < -0.3 is 10.4 Å². The van der Waals surface area contributed by atoms with Gasteiger partial charge >= 0.3 is 5.97 Å². The predicted molar refractivity (Wildman–Crippen MR) is 120 cm³/mol. The highest BCUT2D eigenvalue weighted by molar-refractivity contribution is 6.33. The molecular formula is C24H28ClN3O3. The number of nitrogens with one attached hydrogen (secondary N) is 1. The number of aliphatic carboxylic acids is 1. The molecule has 4 fully saturated rings. The summed E-state index contributed by atoms with van der Waals surface area (Å²) < 4.78 is 1.59. The Balaban J connectivity index is 1.50. The van der Waals surface area contributed by atoms with Crippen LogP contribution in [0.5, 0.6) is 0 Å². The van der Waals surface area contributed by atoms with Gasteiger partial charge in [0.1, 0.15) is 5.02 Å². The van der Waals surface area contributed by atoms with E-state index < -0.39 is 11.5 Å². The highest BCUT2D eigenvalue weighted by Crippen LogP contribution is 2.65. The molecule has 0 spiro atoms. The van der Waals surface area contributed by atoms with E-state index in [1.807, 2.05) is 26.0 Å². The van der Waals surface area contributed by atoms with Crippen molar-refractivity contribution in [2.75, 3.05) is 5.32 Å². The second-order valence-corrected chi connectivity index (χ2v) is 10.7. The maximum Gasteiger partial charge on any atom is 0.303 e. The van der Waals surface area contributed by atoms with E-state index in [0.29, 0.717) is 23.9 Å². The number of hydrogen-bond acceptors (Lipinski definition) is 4. The lowest BCUT2D eigenvalue weighted by Gasteiger charge is -2.61. The molecule has 2 aromatic rings. The van der Waals surface area contributed by atoms with Crippen molar-refractivity contribution in [1.29, 1.82) is 0 Å². The number of anilines is 2. The van der Waals surface area contributed by atoms with Crippen LogP contribution in [-0.2, 0) is 10.3 Å². The largest absolute Gasteiger partial charge is 0.481 e. The second kappa shape index (κ2) is 7.09. The highest BCUT2D eigenvalue weighted by Gasteiger charge is 2.59. The highest BCUT2D eigenvalue weighted by atomic mass is 35.5. The van der Waals surface area contributed by atoms with E-state index in [9.17, 15) is 14.7 Å². The summed E-state index contributed by atoms with van der Waals surface area (Å²) in [7, 11) is 0. The molecule has 7 heteroatoms. The standard InChI is InChI=1S/C24H28ClN3O3/c1-14-3-4-18(15(2)5-14)27-19-12-26-28(22(31)21(19)25)24-9-16-6-17(10-24)8-23(7-16,13-24)11-20(29)30/h3-5,12,16-17,27H,6-11,13H2,1-2H3,(H,29,30). The Morgan fingerprint density at radius 1 is 1.23 bits per heavy atom. The summed E-state index contributed by atoms with van der Waals surface area (Å²) in [4.78, 5) is 25.0. The summed E-state index contributed by atoms with van der Waals surface area (Å²) in [6.45, 7) is 4.05. The molecule has 2 unspecified atom stereocenters. The Hall–Kier alpha value is -2.34. The Morgan fingerprint density at radius 3 is 2.58 bits per heavy atom. The summed E-state index contributed by atoms with van der Waals surface area (Å²) >= 11 is 6.56. The lowest BCUT2D eigenvalue weighted by atomic mass is 9.46. The number of rotatable bonds is 5. The zero-order valence-electron chi connectivity index (χ0n) is 17.9. The molecule has 1 heterocycles. The summed E-state index contributed by atoms with van der Waals surface area (Å²) in [5.74, 6) is 0.172. The Morgan fingerprint density at radius 2 is 1.94 bits per heavy atom. The van der Waals surface area contributed by atoms with Gasteiger partial charge in [-0.25, -0.2) is 4.68 Å². The van der Waals surface area contributed by atoms with Gasteiger partial charge in [-0.05, 0) is 81.3 Å². The zero-order chi connectivity index (χ0) is 22.0. The van der Waals surface area contributed by atoms with Crippen LogP contribution in [0.3, 0.4) is 0 Å². The fourth-order valence-corrected chi connectivity index (χ4v) is 7.31. The summed E-state index contributed by atoms with van der Waals surface area (Å²) in [6.07, 6.45) is 7.33. The fourth-order valence-electron chi connectivity index (χ4n) is 7.13. The first-order valence-corrected chi connectivity index (χ1v) is 11.4. The average Bonchev–Trinajstić information content (AvgIpc) is 2.65. The molecule has 6 nitrogen and oxygen atoms in total. The molecule has 164 valence electrons. The first-order chi connectivity index (χ1) is 14.7. The van der Waals surface area contributed by atoms with E-state index in [4.69, 9.17) is 11.6 Å². The van der Waals surface area contributed by atoms with Gasteiger partial charge in [0.2, 0.25) is 0 Å². The molecule has 0 saturated heterocycles. The van der Waals surface area contributed by atoms with E-state index in [1.54, 1.807) is 10.9 Å². The van der Waals surface area contributed by atoms with E-state index >= 15 is 0 Å². The van der Waals surface area contributed by atoms with Crippen LogP contribution >= 0.6 is 11.6 Å². The van der Waals surface area contributed by atoms with Gasteiger partial charge in [0.15, 0.2) is 0 Å². The maximum absolute atomic E-state index is 13.4. The monoisotopic (exact) mass is 441 g/mol. The molecule has 4 aliphatic carbocycles. The smallest absolute Gasteiger partial charge is 0.303 e. The van der Waals surface area contributed by atoms with Gasteiger partial charge in [-0.2, -0.15) is 5.10 Å². The predicted octanol–water partition coefficient (Wildman–Crippen LogP) is 5.03. The van der Waals surface area contributed by atoms with Crippen LogP contribution in [-0.4, -0.2) is 20.9 Å². The Bertz CT molecular complexity index is 1110. The molecule has 0 amide bonds. The van der Waals surface area contributed by atoms with Crippen molar-refractivity contribution in [3.05, 3.63) is 50.9 Å². The average molecular weight is 442 g/mol. The molecule has 0 aliphatic heterocycles. The molecule has 1 aromatic carbocycles. The molecule has 4 bridgehead atoms. The van der Waals surface area contributed by atoms with Gasteiger partial charge in [0.05, 0.1) is 23.8 Å². The zero-order valence-corrected chi connectivity index (χ0v) is 18.7.